The smallest absolute Gasteiger partial charge is 0.309 e. The van der Waals surface area contributed by atoms with Crippen LogP contribution in [0.1, 0.15) is 33.6 Å². The van der Waals surface area contributed by atoms with Crippen LogP contribution in [0.15, 0.2) is 47.7 Å². The molecule has 0 saturated carbocycles. The van der Waals surface area contributed by atoms with E-state index in [-0.39, 0.29) is 18.2 Å². The molecule has 0 aromatic heterocycles. The highest BCUT2D eigenvalue weighted by molar-refractivity contribution is 5.72. The van der Waals surface area contributed by atoms with Gasteiger partial charge in [-0.05, 0) is 37.5 Å². The molecule has 0 aromatic rings. The van der Waals surface area contributed by atoms with Crippen molar-refractivity contribution in [2.24, 2.45) is 0 Å². The minimum Gasteiger partial charge on any atom is -0.466 e. The van der Waals surface area contributed by atoms with E-state index in [1.54, 1.807) is 31.0 Å². The van der Waals surface area contributed by atoms with Gasteiger partial charge in [-0.3, -0.25) is 4.79 Å². The van der Waals surface area contributed by atoms with Crippen LogP contribution in [0.25, 0.3) is 0 Å². The predicted molar refractivity (Wildman–Crippen MR) is 73.6 cm³/mol. The summed E-state index contributed by atoms with van der Waals surface area (Å²) >= 11 is 0. The Morgan fingerprint density at radius 2 is 2.21 bits per heavy atom. The molecule has 0 unspecified atom stereocenters. The topological polar surface area (TPSA) is 29.5 Å². The Labute approximate surface area is 113 Å². The molecule has 0 fully saturated rings. The first-order chi connectivity index (χ1) is 8.97. The molecule has 0 aliphatic carbocycles. The zero-order valence-corrected chi connectivity index (χ0v) is 11.7. The molecule has 0 aromatic carbocycles. The molecule has 0 radical (unpaired) electrons. The molecule has 0 N–H and O–H groups in total. The third-order valence-corrected chi connectivity index (χ3v) is 2.80. The lowest BCUT2D eigenvalue weighted by atomic mass is 10.1. The zero-order chi connectivity index (χ0) is 14.4. The fourth-order valence-electron chi connectivity index (χ4n) is 1.68. The van der Waals surface area contributed by atoms with Crippen molar-refractivity contribution in [3.05, 3.63) is 47.7 Å². The van der Waals surface area contributed by atoms with Crippen molar-refractivity contribution < 1.29 is 13.9 Å². The van der Waals surface area contributed by atoms with Crippen LogP contribution in [0.5, 0.6) is 0 Å². The number of carbonyl (C=O) groups is 1. The van der Waals surface area contributed by atoms with Gasteiger partial charge in [0.05, 0.1) is 13.0 Å². The van der Waals surface area contributed by atoms with Gasteiger partial charge in [-0.15, -0.1) is 0 Å². The van der Waals surface area contributed by atoms with Crippen molar-refractivity contribution in [2.45, 2.75) is 33.6 Å². The highest BCUT2D eigenvalue weighted by Gasteiger charge is 2.13. The van der Waals surface area contributed by atoms with Crippen molar-refractivity contribution in [1.29, 1.82) is 0 Å². The summed E-state index contributed by atoms with van der Waals surface area (Å²) in [5.74, 6) is -0.565. The highest BCUT2D eigenvalue weighted by atomic mass is 19.1. The summed E-state index contributed by atoms with van der Waals surface area (Å²) in [5.41, 5.74) is 2.10. The van der Waals surface area contributed by atoms with Crippen LogP contribution >= 0.6 is 0 Å². The average Bonchev–Trinajstić information content (AvgIpc) is 2.35. The third-order valence-electron chi connectivity index (χ3n) is 2.80. The van der Waals surface area contributed by atoms with Gasteiger partial charge in [0.1, 0.15) is 5.83 Å². The molecule has 19 heavy (non-hydrogen) atoms. The number of hydrogen-bond acceptors (Lipinski definition) is 3. The Kier molecular flexibility index (Phi) is 5.55. The third kappa shape index (κ3) is 4.39. The lowest BCUT2D eigenvalue weighted by molar-refractivity contribution is -0.142. The van der Waals surface area contributed by atoms with Crippen LogP contribution in [-0.2, 0) is 9.53 Å². The molecule has 0 atom stereocenters. The summed E-state index contributed by atoms with van der Waals surface area (Å²) in [4.78, 5) is 13.0. The van der Waals surface area contributed by atoms with E-state index >= 15 is 0 Å². The first kappa shape index (κ1) is 15.2. The quantitative estimate of drug-likeness (QED) is 0.708. The first-order valence-corrected chi connectivity index (χ1v) is 6.36. The monoisotopic (exact) mass is 265 g/mol. The minimum absolute atomic E-state index is 0.215. The fourth-order valence-corrected chi connectivity index (χ4v) is 1.68. The maximum atomic E-state index is 13.5. The van der Waals surface area contributed by atoms with Crippen molar-refractivity contribution in [3.8, 4) is 0 Å². The summed E-state index contributed by atoms with van der Waals surface area (Å²) in [6, 6.07) is 0. The van der Waals surface area contributed by atoms with E-state index in [2.05, 4.69) is 6.58 Å². The van der Waals surface area contributed by atoms with Gasteiger partial charge >= 0.3 is 5.97 Å². The molecule has 1 heterocycles. The van der Waals surface area contributed by atoms with Crippen LogP contribution < -0.4 is 0 Å². The summed E-state index contributed by atoms with van der Waals surface area (Å²) in [7, 11) is 0. The number of allylic oxidation sites excluding steroid dienone is 3. The molecule has 0 spiro atoms. The van der Waals surface area contributed by atoms with Gasteiger partial charge in [-0.2, -0.15) is 0 Å². The van der Waals surface area contributed by atoms with Crippen LogP contribution in [0.2, 0.25) is 0 Å². The maximum Gasteiger partial charge on any atom is 0.309 e. The number of nitrogens with zero attached hydrogens (tertiary/aromatic N) is 1. The van der Waals surface area contributed by atoms with E-state index in [1.165, 1.54) is 6.20 Å². The second-order valence-electron chi connectivity index (χ2n) is 4.33. The second kappa shape index (κ2) is 6.92. The molecule has 104 valence electrons. The summed E-state index contributed by atoms with van der Waals surface area (Å²) < 4.78 is 18.4. The van der Waals surface area contributed by atoms with E-state index < -0.39 is 0 Å². The lowest BCUT2D eigenvalue weighted by Gasteiger charge is -2.22. The van der Waals surface area contributed by atoms with Crippen molar-refractivity contribution in [2.75, 3.05) is 6.61 Å². The van der Waals surface area contributed by atoms with E-state index in [0.29, 0.717) is 24.3 Å². The van der Waals surface area contributed by atoms with Crippen LogP contribution in [0.4, 0.5) is 4.39 Å². The number of esters is 1. The highest BCUT2D eigenvalue weighted by Crippen LogP contribution is 2.24. The lowest BCUT2D eigenvalue weighted by Crippen LogP contribution is -2.14. The Balaban J connectivity index is 2.81. The van der Waals surface area contributed by atoms with E-state index in [9.17, 15) is 9.18 Å². The minimum atomic E-state index is -0.296. The van der Waals surface area contributed by atoms with Crippen molar-refractivity contribution in [1.82, 2.24) is 4.90 Å². The Hall–Kier alpha value is -1.84. The Morgan fingerprint density at radius 3 is 2.79 bits per heavy atom. The van der Waals surface area contributed by atoms with Gasteiger partial charge in [0.2, 0.25) is 0 Å². The number of ether oxygens (including phenoxy) is 1. The number of rotatable bonds is 5. The number of carbonyl (C=O) groups excluding carboxylic acids is 1. The molecule has 1 aliphatic heterocycles. The normalized spacial score (nSPS) is 16.1. The first-order valence-electron chi connectivity index (χ1n) is 6.36. The van der Waals surface area contributed by atoms with Gasteiger partial charge < -0.3 is 9.64 Å². The molecular formula is C15H20FNO2. The Morgan fingerprint density at radius 1 is 1.53 bits per heavy atom. The van der Waals surface area contributed by atoms with E-state index in [1.807, 2.05) is 6.92 Å². The van der Waals surface area contributed by atoms with Crippen molar-refractivity contribution >= 4 is 5.97 Å². The Bertz CT molecular complexity index is 461. The molecule has 0 bridgehead atoms. The largest absolute Gasteiger partial charge is 0.466 e. The fraction of sp³-hybridized carbons (Fsp3) is 0.400. The molecule has 3 nitrogen and oxygen atoms in total. The molecule has 1 aliphatic rings. The average molecular weight is 265 g/mol. The van der Waals surface area contributed by atoms with Crippen LogP contribution in [0, 0.1) is 0 Å². The number of halogens is 1. The molecular weight excluding hydrogens is 245 g/mol. The van der Waals surface area contributed by atoms with Crippen LogP contribution in [-0.4, -0.2) is 17.5 Å². The van der Waals surface area contributed by atoms with Gasteiger partial charge in [0.25, 0.3) is 0 Å². The van der Waals surface area contributed by atoms with Gasteiger partial charge in [0, 0.05) is 18.1 Å². The molecule has 0 amide bonds. The molecule has 4 heteroatoms. The number of hydrogen-bond donors (Lipinski definition) is 0. The van der Waals surface area contributed by atoms with E-state index in [0.717, 1.165) is 5.57 Å². The van der Waals surface area contributed by atoms with Gasteiger partial charge in [-0.1, -0.05) is 13.5 Å². The summed E-state index contributed by atoms with van der Waals surface area (Å²) in [5, 5.41) is 0. The van der Waals surface area contributed by atoms with E-state index in [4.69, 9.17) is 4.74 Å². The van der Waals surface area contributed by atoms with Crippen molar-refractivity contribution in [3.63, 3.8) is 0 Å². The van der Waals surface area contributed by atoms with Crippen LogP contribution in [0.3, 0.4) is 0 Å². The SMILES string of the molecule is C=C1C=C(C)C(F)=CN1/C=C(\CC)CC(=O)OCC. The maximum absolute atomic E-state index is 13.5. The zero-order valence-electron chi connectivity index (χ0n) is 11.7. The molecule has 1 rings (SSSR count). The molecule has 0 saturated heterocycles. The summed E-state index contributed by atoms with van der Waals surface area (Å²) in [6.07, 6.45) is 5.69. The van der Waals surface area contributed by atoms with Gasteiger partial charge in [-0.25, -0.2) is 4.39 Å². The van der Waals surface area contributed by atoms with Gasteiger partial charge in [0.15, 0.2) is 0 Å². The standard InChI is InChI=1S/C15H20FNO2/c1-5-13(8-15(18)19-6-2)9-17-10-14(16)11(3)7-12(17)4/h7,9-10H,4-6,8H2,1-3H3/b13-9+. The second-order valence-corrected chi connectivity index (χ2v) is 4.33. The summed E-state index contributed by atoms with van der Waals surface area (Å²) in [6.45, 7) is 9.63. The predicted octanol–water partition coefficient (Wildman–Crippen LogP) is 3.82.